The molecule has 0 aliphatic carbocycles. The Balaban J connectivity index is 1.45. The molecular formula is C26H18N4O2. The van der Waals surface area contributed by atoms with Crippen molar-refractivity contribution in [2.24, 2.45) is 0 Å². The molecule has 2 heterocycles. The second kappa shape index (κ2) is 9.83. The van der Waals surface area contributed by atoms with E-state index in [1.807, 2.05) is 30.3 Å². The molecule has 2 aromatic heterocycles. The predicted molar refractivity (Wildman–Crippen MR) is 123 cm³/mol. The summed E-state index contributed by atoms with van der Waals surface area (Å²) in [6.45, 7) is 0. The zero-order valence-electron chi connectivity index (χ0n) is 16.9. The van der Waals surface area contributed by atoms with Crippen molar-refractivity contribution in [3.63, 3.8) is 0 Å². The highest BCUT2D eigenvalue weighted by Crippen LogP contribution is 2.16. The summed E-state index contributed by atoms with van der Waals surface area (Å²) in [4.78, 5) is 33.2. The lowest BCUT2D eigenvalue weighted by Crippen LogP contribution is -2.14. The maximum absolute atomic E-state index is 12.7. The summed E-state index contributed by atoms with van der Waals surface area (Å²) in [7, 11) is 0. The number of benzene rings is 2. The van der Waals surface area contributed by atoms with E-state index in [1.165, 1.54) is 6.20 Å². The minimum absolute atomic E-state index is 0.294. The normalized spacial score (nSPS) is 9.88. The molecule has 0 bridgehead atoms. The van der Waals surface area contributed by atoms with Gasteiger partial charge < -0.3 is 10.6 Å². The van der Waals surface area contributed by atoms with E-state index in [0.29, 0.717) is 28.2 Å². The van der Waals surface area contributed by atoms with Crippen LogP contribution in [-0.4, -0.2) is 21.8 Å². The summed E-state index contributed by atoms with van der Waals surface area (Å²) in [5, 5.41) is 5.64. The van der Waals surface area contributed by atoms with Crippen LogP contribution in [0.5, 0.6) is 0 Å². The second-order valence-corrected chi connectivity index (χ2v) is 6.78. The first-order valence-corrected chi connectivity index (χ1v) is 9.83. The van der Waals surface area contributed by atoms with Crippen molar-refractivity contribution < 1.29 is 9.59 Å². The molecule has 4 rings (SSSR count). The molecule has 0 saturated heterocycles. The van der Waals surface area contributed by atoms with Crippen LogP contribution < -0.4 is 10.6 Å². The second-order valence-electron chi connectivity index (χ2n) is 6.78. The third-order valence-electron chi connectivity index (χ3n) is 4.43. The van der Waals surface area contributed by atoms with Crippen molar-refractivity contribution >= 4 is 23.2 Å². The molecule has 6 heteroatoms. The average molecular weight is 418 g/mol. The van der Waals surface area contributed by atoms with E-state index in [1.54, 1.807) is 60.9 Å². The molecule has 32 heavy (non-hydrogen) atoms. The number of nitrogens with zero attached hydrogens (tertiary/aromatic N) is 2. The molecule has 154 valence electrons. The molecule has 0 radical (unpaired) electrons. The number of carbonyl (C=O) groups excluding carboxylic acids is 2. The minimum atomic E-state index is -0.296. The standard InChI is InChI=1S/C26H18N4O2/c31-25(20-7-4-11-24(17-20)30-26(32)21-8-5-14-27-18-21)29-23-10-3-6-19(16-23)12-13-22-9-1-2-15-28-22/h1-11,14-18H,(H,29,31)(H,30,32). The highest BCUT2D eigenvalue weighted by Gasteiger charge is 2.10. The summed E-state index contributed by atoms with van der Waals surface area (Å²) >= 11 is 0. The summed E-state index contributed by atoms with van der Waals surface area (Å²) < 4.78 is 0. The van der Waals surface area contributed by atoms with Gasteiger partial charge in [-0.05, 0) is 66.6 Å². The van der Waals surface area contributed by atoms with Gasteiger partial charge in [0.2, 0.25) is 0 Å². The fraction of sp³-hybridized carbons (Fsp3) is 0. The number of rotatable bonds is 4. The number of aromatic nitrogens is 2. The molecule has 0 spiro atoms. The molecule has 6 nitrogen and oxygen atoms in total. The van der Waals surface area contributed by atoms with Crippen molar-refractivity contribution in [1.82, 2.24) is 9.97 Å². The Kier molecular flexibility index (Phi) is 6.30. The Hall–Kier alpha value is -4.76. The van der Waals surface area contributed by atoms with Crippen LogP contribution in [0.15, 0.2) is 97.5 Å². The van der Waals surface area contributed by atoms with Crippen molar-refractivity contribution in [2.45, 2.75) is 0 Å². The number of carbonyl (C=O) groups is 2. The Morgan fingerprint density at radius 3 is 2.19 bits per heavy atom. The Bertz CT molecular complexity index is 1310. The molecule has 2 amide bonds. The maximum Gasteiger partial charge on any atom is 0.257 e. The van der Waals surface area contributed by atoms with E-state index in [9.17, 15) is 9.59 Å². The molecule has 0 fully saturated rings. The molecule has 2 N–H and O–H groups in total. The van der Waals surface area contributed by atoms with Gasteiger partial charge in [-0.1, -0.05) is 24.1 Å². The van der Waals surface area contributed by atoms with Gasteiger partial charge in [-0.3, -0.25) is 14.6 Å². The van der Waals surface area contributed by atoms with Crippen LogP contribution in [0.3, 0.4) is 0 Å². The number of pyridine rings is 2. The zero-order chi connectivity index (χ0) is 22.2. The lowest BCUT2D eigenvalue weighted by atomic mass is 10.1. The lowest BCUT2D eigenvalue weighted by molar-refractivity contribution is 0.101. The summed E-state index contributed by atoms with van der Waals surface area (Å²) in [6, 6.07) is 22.9. The highest BCUT2D eigenvalue weighted by atomic mass is 16.2. The molecular weight excluding hydrogens is 400 g/mol. The third-order valence-corrected chi connectivity index (χ3v) is 4.43. The molecule has 2 aromatic carbocycles. The zero-order valence-corrected chi connectivity index (χ0v) is 16.9. The Morgan fingerprint density at radius 2 is 1.44 bits per heavy atom. The summed E-state index contributed by atoms with van der Waals surface area (Å²) in [5.74, 6) is 5.45. The minimum Gasteiger partial charge on any atom is -0.322 e. The topological polar surface area (TPSA) is 84.0 Å². The molecule has 0 aliphatic heterocycles. The maximum atomic E-state index is 12.7. The van der Waals surface area contributed by atoms with Gasteiger partial charge in [-0.25, -0.2) is 4.98 Å². The Morgan fingerprint density at radius 1 is 0.688 bits per heavy atom. The van der Waals surface area contributed by atoms with Gasteiger partial charge in [-0.2, -0.15) is 0 Å². The summed E-state index contributed by atoms with van der Waals surface area (Å²) in [5.41, 5.74) is 3.41. The van der Waals surface area contributed by atoms with Gasteiger partial charge in [0.05, 0.1) is 5.56 Å². The average Bonchev–Trinajstić information content (AvgIpc) is 2.84. The van der Waals surface area contributed by atoms with Gasteiger partial charge in [0.25, 0.3) is 11.8 Å². The van der Waals surface area contributed by atoms with Gasteiger partial charge >= 0.3 is 0 Å². The number of hydrogen-bond donors (Lipinski definition) is 2. The SMILES string of the molecule is O=C(Nc1cccc(C(=O)Nc2cccc(C#Cc3ccccn3)c2)c1)c1cccnc1. The van der Waals surface area contributed by atoms with Crippen molar-refractivity contribution in [3.8, 4) is 11.8 Å². The van der Waals surface area contributed by atoms with Crippen LogP contribution in [0.1, 0.15) is 32.0 Å². The van der Waals surface area contributed by atoms with Crippen LogP contribution in [0.2, 0.25) is 0 Å². The fourth-order valence-electron chi connectivity index (χ4n) is 2.89. The van der Waals surface area contributed by atoms with Crippen molar-refractivity contribution in [2.75, 3.05) is 10.6 Å². The van der Waals surface area contributed by atoms with Gasteiger partial charge in [0.1, 0.15) is 5.69 Å². The predicted octanol–water partition coefficient (Wildman–Crippen LogP) is 4.38. The molecule has 0 atom stereocenters. The van der Waals surface area contributed by atoms with Gasteiger partial charge in [0, 0.05) is 41.1 Å². The van der Waals surface area contributed by atoms with E-state index in [0.717, 1.165) is 5.56 Å². The van der Waals surface area contributed by atoms with Crippen LogP contribution in [0.4, 0.5) is 11.4 Å². The third kappa shape index (κ3) is 5.43. The number of hydrogen-bond acceptors (Lipinski definition) is 4. The van der Waals surface area contributed by atoms with Crippen LogP contribution in [0.25, 0.3) is 0 Å². The largest absolute Gasteiger partial charge is 0.322 e. The van der Waals surface area contributed by atoms with Crippen LogP contribution in [-0.2, 0) is 0 Å². The van der Waals surface area contributed by atoms with Crippen LogP contribution in [0, 0.1) is 11.8 Å². The lowest BCUT2D eigenvalue weighted by Gasteiger charge is -2.09. The van der Waals surface area contributed by atoms with E-state index in [4.69, 9.17) is 0 Å². The fourth-order valence-corrected chi connectivity index (χ4v) is 2.89. The number of nitrogens with one attached hydrogen (secondary N) is 2. The van der Waals surface area contributed by atoms with E-state index in [-0.39, 0.29) is 11.8 Å². The molecule has 0 saturated carbocycles. The number of amides is 2. The first-order valence-electron chi connectivity index (χ1n) is 9.83. The van der Waals surface area contributed by atoms with E-state index < -0.39 is 0 Å². The molecule has 0 unspecified atom stereocenters. The first kappa shape index (κ1) is 20.5. The van der Waals surface area contributed by atoms with E-state index >= 15 is 0 Å². The Labute approximate surface area is 185 Å². The molecule has 0 aliphatic rings. The summed E-state index contributed by atoms with van der Waals surface area (Å²) in [6.07, 6.45) is 4.77. The smallest absolute Gasteiger partial charge is 0.257 e. The van der Waals surface area contributed by atoms with E-state index in [2.05, 4.69) is 32.4 Å². The highest BCUT2D eigenvalue weighted by molar-refractivity contribution is 6.07. The quantitative estimate of drug-likeness (QED) is 0.482. The monoisotopic (exact) mass is 418 g/mol. The van der Waals surface area contributed by atoms with Crippen LogP contribution >= 0.6 is 0 Å². The van der Waals surface area contributed by atoms with Gasteiger partial charge in [-0.15, -0.1) is 0 Å². The van der Waals surface area contributed by atoms with Crippen molar-refractivity contribution in [3.05, 3.63) is 120 Å². The van der Waals surface area contributed by atoms with Crippen molar-refractivity contribution in [1.29, 1.82) is 0 Å². The molecule has 4 aromatic rings. The van der Waals surface area contributed by atoms with Gasteiger partial charge in [0.15, 0.2) is 0 Å². The number of anilines is 2. The first-order chi connectivity index (χ1) is 15.7.